The van der Waals surface area contributed by atoms with Crippen LogP contribution in [0.25, 0.3) is 0 Å². The molecule has 1 saturated heterocycles. The van der Waals surface area contributed by atoms with E-state index in [4.69, 9.17) is 23.7 Å². The van der Waals surface area contributed by atoms with E-state index < -0.39 is 12.2 Å². The summed E-state index contributed by atoms with van der Waals surface area (Å²) in [5, 5.41) is 9.60. The third kappa shape index (κ3) is 4.73. The quantitative estimate of drug-likeness (QED) is 0.695. The summed E-state index contributed by atoms with van der Waals surface area (Å²) in [6, 6.07) is 9.93. The molecular formula is C17H26O6. The third-order valence-electron chi connectivity index (χ3n) is 4.03. The van der Waals surface area contributed by atoms with Crippen LogP contribution < -0.4 is 0 Å². The fourth-order valence-corrected chi connectivity index (χ4v) is 2.80. The summed E-state index contributed by atoms with van der Waals surface area (Å²) in [4.78, 5) is 0. The smallest absolute Gasteiger partial charge is 0.162 e. The number of hydrogen-bond donors (Lipinski definition) is 1. The summed E-state index contributed by atoms with van der Waals surface area (Å²) in [5.41, 5.74) is 1.08. The highest BCUT2D eigenvalue weighted by Crippen LogP contribution is 2.33. The number of benzene rings is 1. The zero-order valence-corrected chi connectivity index (χ0v) is 13.9. The highest BCUT2D eigenvalue weighted by atomic mass is 16.7. The van der Waals surface area contributed by atoms with Crippen LogP contribution in [0, 0.1) is 5.92 Å². The first-order valence-electron chi connectivity index (χ1n) is 7.76. The molecule has 0 aromatic heterocycles. The second kappa shape index (κ2) is 9.32. The minimum absolute atomic E-state index is 0.0221. The normalized spacial score (nSPS) is 28.9. The summed E-state index contributed by atoms with van der Waals surface area (Å²) in [7, 11) is 3.13. The SMILES string of the molecule is COCO[C@H](CO)[C@H]1O[C@H](OC)[C@@H](C)[C@@H]1OCc1ccccc1. The Morgan fingerprint density at radius 3 is 2.57 bits per heavy atom. The Morgan fingerprint density at radius 2 is 1.96 bits per heavy atom. The molecule has 1 N–H and O–H groups in total. The molecule has 0 spiro atoms. The average Bonchev–Trinajstić information content (AvgIpc) is 2.90. The minimum Gasteiger partial charge on any atom is -0.394 e. The van der Waals surface area contributed by atoms with Crippen LogP contribution in [0.3, 0.4) is 0 Å². The highest BCUT2D eigenvalue weighted by molar-refractivity contribution is 5.13. The molecule has 0 amide bonds. The van der Waals surface area contributed by atoms with E-state index in [1.165, 1.54) is 7.11 Å². The predicted octanol–water partition coefficient (Wildman–Crippen LogP) is 1.56. The van der Waals surface area contributed by atoms with Gasteiger partial charge in [0.25, 0.3) is 0 Å². The highest BCUT2D eigenvalue weighted by Gasteiger charge is 2.47. The Labute approximate surface area is 137 Å². The van der Waals surface area contributed by atoms with Crippen LogP contribution in [0.1, 0.15) is 12.5 Å². The van der Waals surface area contributed by atoms with Gasteiger partial charge in [0.2, 0.25) is 0 Å². The molecule has 0 saturated carbocycles. The zero-order chi connectivity index (χ0) is 16.7. The maximum Gasteiger partial charge on any atom is 0.162 e. The second-order valence-corrected chi connectivity index (χ2v) is 5.62. The van der Waals surface area contributed by atoms with Crippen molar-refractivity contribution in [1.82, 2.24) is 0 Å². The molecule has 1 aliphatic rings. The first-order valence-corrected chi connectivity index (χ1v) is 7.76. The summed E-state index contributed by atoms with van der Waals surface area (Å²) in [5.74, 6) is 0.0221. The van der Waals surface area contributed by atoms with Crippen molar-refractivity contribution >= 4 is 0 Å². The Kier molecular flexibility index (Phi) is 7.42. The van der Waals surface area contributed by atoms with E-state index >= 15 is 0 Å². The molecule has 1 fully saturated rings. The van der Waals surface area contributed by atoms with Gasteiger partial charge in [-0.25, -0.2) is 0 Å². The van der Waals surface area contributed by atoms with E-state index in [2.05, 4.69) is 0 Å². The number of aliphatic hydroxyl groups is 1. The molecule has 1 aromatic rings. The van der Waals surface area contributed by atoms with E-state index in [-0.39, 0.29) is 31.7 Å². The van der Waals surface area contributed by atoms with Gasteiger partial charge in [-0.1, -0.05) is 37.3 Å². The molecule has 0 bridgehead atoms. The third-order valence-corrected chi connectivity index (χ3v) is 4.03. The van der Waals surface area contributed by atoms with Gasteiger partial charge >= 0.3 is 0 Å². The van der Waals surface area contributed by atoms with Crippen molar-refractivity contribution in [3.8, 4) is 0 Å². The first kappa shape index (κ1) is 18.3. The Balaban J connectivity index is 2.04. The number of methoxy groups -OCH3 is 2. The van der Waals surface area contributed by atoms with Gasteiger partial charge in [-0.2, -0.15) is 0 Å². The fourth-order valence-electron chi connectivity index (χ4n) is 2.80. The van der Waals surface area contributed by atoms with Crippen LogP contribution in [-0.4, -0.2) is 57.3 Å². The number of ether oxygens (including phenoxy) is 5. The summed E-state index contributed by atoms with van der Waals surface area (Å²) in [6.07, 6.45) is -1.58. The van der Waals surface area contributed by atoms with Gasteiger partial charge in [0, 0.05) is 20.1 Å². The van der Waals surface area contributed by atoms with Crippen molar-refractivity contribution in [3.63, 3.8) is 0 Å². The second-order valence-electron chi connectivity index (χ2n) is 5.62. The molecular weight excluding hydrogens is 300 g/mol. The Hall–Kier alpha value is -1.02. The molecule has 5 atom stereocenters. The van der Waals surface area contributed by atoms with Crippen molar-refractivity contribution in [2.45, 2.75) is 38.1 Å². The van der Waals surface area contributed by atoms with Crippen molar-refractivity contribution in [1.29, 1.82) is 0 Å². The fraction of sp³-hybridized carbons (Fsp3) is 0.647. The molecule has 1 heterocycles. The van der Waals surface area contributed by atoms with Crippen molar-refractivity contribution < 1.29 is 28.8 Å². The molecule has 6 heteroatoms. The van der Waals surface area contributed by atoms with Gasteiger partial charge in [0.05, 0.1) is 19.3 Å². The van der Waals surface area contributed by atoms with E-state index in [1.807, 2.05) is 37.3 Å². The largest absolute Gasteiger partial charge is 0.394 e. The topological polar surface area (TPSA) is 66.4 Å². The van der Waals surface area contributed by atoms with E-state index in [1.54, 1.807) is 7.11 Å². The average molecular weight is 326 g/mol. The Morgan fingerprint density at radius 1 is 1.22 bits per heavy atom. The van der Waals surface area contributed by atoms with Gasteiger partial charge in [-0.05, 0) is 5.56 Å². The molecule has 0 radical (unpaired) electrons. The standard InChI is InChI=1S/C17H26O6/c1-12-15(21-10-13-7-5-4-6-8-13)16(23-17(12)20-3)14(9-18)22-11-19-2/h4-8,12,14-18H,9-11H2,1-3H3/t12-,14+,15-,16+,17-/m0/s1. The summed E-state index contributed by atoms with van der Waals surface area (Å²) < 4.78 is 27.8. The number of hydrogen-bond acceptors (Lipinski definition) is 6. The zero-order valence-electron chi connectivity index (χ0n) is 13.9. The maximum absolute atomic E-state index is 9.60. The van der Waals surface area contributed by atoms with Crippen LogP contribution in [-0.2, 0) is 30.3 Å². The first-order chi connectivity index (χ1) is 11.2. The molecule has 1 aromatic carbocycles. The van der Waals surface area contributed by atoms with Crippen molar-refractivity contribution in [3.05, 3.63) is 35.9 Å². The monoisotopic (exact) mass is 326 g/mol. The molecule has 0 aliphatic carbocycles. The lowest BCUT2D eigenvalue weighted by Crippen LogP contribution is -2.42. The van der Waals surface area contributed by atoms with Gasteiger partial charge in [-0.15, -0.1) is 0 Å². The van der Waals surface area contributed by atoms with Gasteiger partial charge in [0.15, 0.2) is 6.29 Å². The molecule has 0 unspecified atom stereocenters. The van der Waals surface area contributed by atoms with Crippen LogP contribution in [0.15, 0.2) is 30.3 Å². The molecule has 2 rings (SSSR count). The number of aliphatic hydroxyl groups excluding tert-OH is 1. The van der Waals surface area contributed by atoms with E-state index in [0.717, 1.165) is 5.56 Å². The molecule has 6 nitrogen and oxygen atoms in total. The van der Waals surface area contributed by atoms with Crippen LogP contribution in [0.2, 0.25) is 0 Å². The van der Waals surface area contributed by atoms with Gasteiger partial charge < -0.3 is 28.8 Å². The molecule has 1 aliphatic heterocycles. The lowest BCUT2D eigenvalue weighted by atomic mass is 9.99. The maximum atomic E-state index is 9.60. The van der Waals surface area contributed by atoms with Crippen LogP contribution in [0.5, 0.6) is 0 Å². The van der Waals surface area contributed by atoms with Crippen molar-refractivity contribution in [2.24, 2.45) is 5.92 Å². The summed E-state index contributed by atoms with van der Waals surface area (Å²) in [6.45, 7) is 2.38. The van der Waals surface area contributed by atoms with E-state index in [9.17, 15) is 5.11 Å². The minimum atomic E-state index is -0.529. The van der Waals surface area contributed by atoms with Crippen LogP contribution in [0.4, 0.5) is 0 Å². The summed E-state index contributed by atoms with van der Waals surface area (Å²) >= 11 is 0. The van der Waals surface area contributed by atoms with Gasteiger partial charge in [-0.3, -0.25) is 0 Å². The lowest BCUT2D eigenvalue weighted by molar-refractivity contribution is -0.188. The molecule has 130 valence electrons. The molecule has 23 heavy (non-hydrogen) atoms. The van der Waals surface area contributed by atoms with Crippen molar-refractivity contribution in [2.75, 3.05) is 27.6 Å². The van der Waals surface area contributed by atoms with Crippen LogP contribution >= 0.6 is 0 Å². The Bertz CT molecular complexity index is 440. The number of rotatable bonds is 9. The van der Waals surface area contributed by atoms with Gasteiger partial charge in [0.1, 0.15) is 19.0 Å². The predicted molar refractivity (Wildman–Crippen MR) is 83.7 cm³/mol. The lowest BCUT2D eigenvalue weighted by Gasteiger charge is -2.27. The van der Waals surface area contributed by atoms with E-state index in [0.29, 0.717) is 6.61 Å².